The fourth-order valence-corrected chi connectivity index (χ4v) is 14.4. The van der Waals surface area contributed by atoms with Crippen LogP contribution in [0.25, 0.3) is 0 Å². The molecule has 1 aliphatic heterocycles. The first kappa shape index (κ1) is 55.4. The Kier molecular flexibility index (Phi) is 17.2. The van der Waals surface area contributed by atoms with Crippen LogP contribution in [0, 0.1) is 23.3 Å². The molecule has 0 N–H and O–H groups in total. The van der Waals surface area contributed by atoms with Crippen LogP contribution in [-0.2, 0) is 39.2 Å². The number of methoxy groups -OCH3 is 1. The molecule has 0 spiro atoms. The number of rotatable bonds is 21. The lowest BCUT2D eigenvalue weighted by Gasteiger charge is -2.41. The summed E-state index contributed by atoms with van der Waals surface area (Å²) in [6.45, 7) is -0.484. The fourth-order valence-electron chi connectivity index (χ4n) is 10.6. The third kappa shape index (κ3) is 11.7. The Labute approximate surface area is 472 Å². The van der Waals surface area contributed by atoms with Gasteiger partial charge in [0, 0.05) is 28.3 Å². The maximum absolute atomic E-state index is 15.0. The van der Waals surface area contributed by atoms with Crippen molar-refractivity contribution in [2.24, 2.45) is 0 Å². The molecule has 10 aromatic carbocycles. The lowest BCUT2D eigenvalue weighted by molar-refractivity contribution is -0.276. The van der Waals surface area contributed by atoms with Gasteiger partial charge in [0.05, 0.1) is 22.9 Å². The van der Waals surface area contributed by atoms with Gasteiger partial charge >= 0.3 is 0 Å². The maximum Gasteiger partial charge on any atom is 0.222 e. The number of hydrogen-bond donors (Lipinski definition) is 0. The van der Waals surface area contributed by atoms with Gasteiger partial charge in [0.1, 0.15) is 59.4 Å². The van der Waals surface area contributed by atoms with Crippen LogP contribution in [0.15, 0.2) is 279 Å². The van der Waals surface area contributed by atoms with Gasteiger partial charge in [-0.15, -0.1) is 0 Å². The highest BCUT2D eigenvalue weighted by atomic mass is 31.1. The third-order valence-electron chi connectivity index (χ3n) is 14.5. The van der Waals surface area contributed by atoms with Gasteiger partial charge in [-0.2, -0.15) is 0 Å². The molecule has 12 heteroatoms. The molecule has 1 heterocycles. The van der Waals surface area contributed by atoms with Crippen LogP contribution in [0.3, 0.4) is 0 Å². The summed E-state index contributed by atoms with van der Waals surface area (Å²) in [6.07, 6.45) is -3.53. The van der Waals surface area contributed by atoms with Crippen molar-refractivity contribution in [3.63, 3.8) is 0 Å². The quantitative estimate of drug-likeness (QED) is 0.0406. The molecular weight excluding hydrogens is 1060 g/mol. The van der Waals surface area contributed by atoms with Crippen molar-refractivity contribution in [2.45, 2.75) is 35.3 Å². The van der Waals surface area contributed by atoms with Gasteiger partial charge in [0.2, 0.25) is 5.79 Å². The highest BCUT2D eigenvalue weighted by Gasteiger charge is 2.61. The van der Waals surface area contributed by atoms with Crippen LogP contribution in [0.4, 0.5) is 17.6 Å². The molecule has 81 heavy (non-hydrogen) atoms. The monoisotopic (exact) mass is 1120 g/mol. The lowest BCUT2D eigenvalue weighted by Crippen LogP contribution is -2.52. The van der Waals surface area contributed by atoms with Crippen LogP contribution in [0.5, 0.6) is 0 Å². The number of ether oxygens (including phenoxy) is 4. The van der Waals surface area contributed by atoms with Gasteiger partial charge in [0.15, 0.2) is 0 Å². The van der Waals surface area contributed by atoms with Gasteiger partial charge in [-0.3, -0.25) is 0 Å². The SMILES string of the molecule is CO[C@@]1(COC(c2ccccc2)(c2ccccc2)c2ccccc2)O[C@H](COC(c2ccccc2)(c2ccccc2)c2ccccc2)[C@@H](OP(c2ccc(F)cc2)c2ccc(F)cc2)[C@@H]1OP(c1ccc(F)cc1)c1ccc(F)cc1. The number of halogens is 4. The number of hydrogen-bond acceptors (Lipinski definition) is 6. The molecule has 0 aliphatic carbocycles. The van der Waals surface area contributed by atoms with Gasteiger partial charge in [-0.1, -0.05) is 182 Å². The molecule has 11 rings (SSSR count). The van der Waals surface area contributed by atoms with E-state index in [0.29, 0.717) is 21.2 Å². The highest BCUT2D eigenvalue weighted by molar-refractivity contribution is 7.69. The van der Waals surface area contributed by atoms with Crippen LogP contribution in [0.1, 0.15) is 33.4 Å². The fraction of sp³-hybridized carbons (Fsp3) is 0.130. The zero-order chi connectivity index (χ0) is 55.7. The van der Waals surface area contributed by atoms with Crippen molar-refractivity contribution in [1.82, 2.24) is 0 Å². The largest absolute Gasteiger partial charge is 0.358 e. The first-order chi connectivity index (χ1) is 39.7. The third-order valence-corrected chi connectivity index (χ3v) is 18.5. The molecule has 6 nitrogen and oxygen atoms in total. The summed E-state index contributed by atoms with van der Waals surface area (Å²) in [7, 11) is -2.46. The van der Waals surface area contributed by atoms with Crippen LogP contribution >= 0.6 is 16.3 Å². The van der Waals surface area contributed by atoms with Gasteiger partial charge in [-0.05, 0) is 130 Å². The molecule has 0 aromatic heterocycles. The molecule has 0 amide bonds. The number of benzene rings is 10. The topological polar surface area (TPSA) is 55.4 Å². The van der Waals surface area contributed by atoms with Crippen molar-refractivity contribution < 1.29 is 45.6 Å². The molecule has 0 saturated carbocycles. The lowest BCUT2D eigenvalue weighted by atomic mass is 9.80. The Morgan fingerprint density at radius 3 is 0.926 bits per heavy atom. The first-order valence-electron chi connectivity index (χ1n) is 26.5. The second kappa shape index (κ2) is 25.1. The van der Waals surface area contributed by atoms with E-state index in [0.717, 1.165) is 33.4 Å². The second-order valence-electron chi connectivity index (χ2n) is 19.4. The van der Waals surface area contributed by atoms with Crippen molar-refractivity contribution in [2.75, 3.05) is 20.3 Å². The summed E-state index contributed by atoms with van der Waals surface area (Å²) in [5.74, 6) is -3.73. The molecule has 0 unspecified atom stereocenters. The first-order valence-corrected chi connectivity index (χ1v) is 29.0. The Balaban J connectivity index is 1.14. The zero-order valence-corrected chi connectivity index (χ0v) is 45.8. The molecule has 406 valence electrons. The molecule has 1 saturated heterocycles. The van der Waals surface area contributed by atoms with Crippen LogP contribution in [0.2, 0.25) is 0 Å². The molecule has 1 fully saturated rings. The summed E-state index contributed by atoms with van der Waals surface area (Å²) >= 11 is 0. The van der Waals surface area contributed by atoms with E-state index in [9.17, 15) is 17.6 Å². The van der Waals surface area contributed by atoms with E-state index in [1.165, 1.54) is 55.6 Å². The average molecular weight is 1120 g/mol. The van der Waals surface area contributed by atoms with Crippen molar-refractivity contribution >= 4 is 37.5 Å². The van der Waals surface area contributed by atoms with Crippen LogP contribution < -0.4 is 21.2 Å². The van der Waals surface area contributed by atoms with E-state index >= 15 is 0 Å². The molecule has 4 atom stereocenters. The van der Waals surface area contributed by atoms with Crippen molar-refractivity contribution in [3.05, 3.63) is 336 Å². The van der Waals surface area contributed by atoms with E-state index in [2.05, 4.69) is 0 Å². The van der Waals surface area contributed by atoms with E-state index in [1.54, 1.807) is 48.5 Å². The minimum absolute atomic E-state index is 0.170. The Morgan fingerprint density at radius 1 is 0.370 bits per heavy atom. The highest BCUT2D eigenvalue weighted by Crippen LogP contribution is 2.52. The Hall–Kier alpha value is -7.46. The van der Waals surface area contributed by atoms with E-state index < -0.39 is 74.9 Å². The van der Waals surface area contributed by atoms with Gasteiger partial charge in [-0.25, -0.2) is 17.6 Å². The van der Waals surface area contributed by atoms with Gasteiger partial charge < -0.3 is 28.0 Å². The summed E-state index contributed by atoms with van der Waals surface area (Å²) in [5, 5.41) is 2.38. The maximum atomic E-state index is 15.0. The predicted molar refractivity (Wildman–Crippen MR) is 313 cm³/mol. The second-order valence-corrected chi connectivity index (χ2v) is 23.1. The standard InChI is InChI=1S/C69H56F4O6P2/c1-74-67(49-76-69(53-26-14-5-15-27-53,54-28-16-6-17-29-54)55-30-18-7-19-31-55)66(79-81(62-44-36-58(72)37-45-62)63-46-38-59(73)39-47-63)65(78-80(60-40-32-56(70)33-41-60)61-42-34-57(71)35-43-61)64(77-67)48-75-68(50-20-8-2-9-21-50,51-22-10-3-11-23-51)52-24-12-4-13-25-52/h2-47,64-66H,48-49H2,1H3/t64-,65-,66+,67+/m1/s1. The van der Waals surface area contributed by atoms with Crippen LogP contribution in [-0.4, -0.2) is 44.4 Å². The van der Waals surface area contributed by atoms with E-state index in [1.807, 2.05) is 182 Å². The van der Waals surface area contributed by atoms with Crippen molar-refractivity contribution in [1.29, 1.82) is 0 Å². The summed E-state index contributed by atoms with van der Waals surface area (Å²) < 4.78 is 105. The summed E-state index contributed by atoms with van der Waals surface area (Å²) in [5.41, 5.74) is 2.39. The summed E-state index contributed by atoms with van der Waals surface area (Å²) in [4.78, 5) is 0. The predicted octanol–water partition coefficient (Wildman–Crippen LogP) is 14.2. The van der Waals surface area contributed by atoms with E-state index in [4.69, 9.17) is 28.0 Å². The zero-order valence-electron chi connectivity index (χ0n) is 44.1. The minimum Gasteiger partial charge on any atom is -0.358 e. The van der Waals surface area contributed by atoms with Crippen molar-refractivity contribution in [3.8, 4) is 0 Å². The summed E-state index contributed by atoms with van der Waals surface area (Å²) in [6, 6.07) is 83.6. The molecule has 0 radical (unpaired) electrons. The van der Waals surface area contributed by atoms with E-state index in [-0.39, 0.29) is 13.2 Å². The smallest absolute Gasteiger partial charge is 0.222 e. The van der Waals surface area contributed by atoms with Gasteiger partial charge in [0.25, 0.3) is 0 Å². The molecule has 10 aromatic rings. The Bertz CT molecular complexity index is 3280. The minimum atomic E-state index is -2.01. The Morgan fingerprint density at radius 2 is 0.642 bits per heavy atom. The average Bonchev–Trinajstić information content (AvgIpc) is 4.08. The molecular formula is C69H56F4O6P2. The molecule has 1 aliphatic rings. The molecule has 0 bridgehead atoms. The normalized spacial score (nSPS) is 17.4.